The van der Waals surface area contributed by atoms with Crippen molar-refractivity contribution < 1.29 is 4.42 Å². The third-order valence-corrected chi connectivity index (χ3v) is 2.55. The monoisotopic (exact) mass is 219 g/mol. The Morgan fingerprint density at radius 2 is 2.19 bits per heavy atom. The second-order valence-electron chi connectivity index (χ2n) is 4.06. The quantitative estimate of drug-likeness (QED) is 0.854. The van der Waals surface area contributed by atoms with E-state index in [4.69, 9.17) is 4.42 Å². The molecule has 4 heteroatoms. The molecule has 4 nitrogen and oxygen atoms in total. The van der Waals surface area contributed by atoms with E-state index in [2.05, 4.69) is 16.5 Å². The minimum absolute atomic E-state index is 0.831. The molecule has 0 spiro atoms. The molecule has 2 aromatic heterocycles. The van der Waals surface area contributed by atoms with Gasteiger partial charge in [0.15, 0.2) is 0 Å². The Morgan fingerprint density at radius 1 is 1.38 bits per heavy atom. The average molecular weight is 219 g/mol. The second-order valence-corrected chi connectivity index (χ2v) is 4.06. The Balaban J connectivity index is 1.86. The van der Waals surface area contributed by atoms with Gasteiger partial charge in [0.25, 0.3) is 0 Å². The molecule has 0 radical (unpaired) electrons. The smallest absolute Gasteiger partial charge is 0.105 e. The van der Waals surface area contributed by atoms with Crippen molar-refractivity contribution in [2.75, 3.05) is 0 Å². The Kier molecular flexibility index (Phi) is 3.10. The lowest BCUT2D eigenvalue weighted by Gasteiger charge is -2.01. The summed E-state index contributed by atoms with van der Waals surface area (Å²) in [5.41, 5.74) is 2.42. The lowest BCUT2D eigenvalue weighted by molar-refractivity contribution is 0.499. The first-order chi connectivity index (χ1) is 7.65. The number of aryl methyl sites for hydroxylation is 3. The molecule has 0 fully saturated rings. The molecule has 2 aromatic rings. The molecule has 0 aromatic carbocycles. The number of furan rings is 1. The highest BCUT2D eigenvalue weighted by Gasteiger charge is 2.03. The molecule has 0 aliphatic heterocycles. The van der Waals surface area contributed by atoms with E-state index in [0.717, 1.165) is 24.6 Å². The van der Waals surface area contributed by atoms with Crippen molar-refractivity contribution in [3.8, 4) is 0 Å². The van der Waals surface area contributed by atoms with Gasteiger partial charge in [-0.05, 0) is 19.9 Å². The SMILES string of the molecule is Cc1cc(CNCc2cnn(C)c2)c(C)o1. The van der Waals surface area contributed by atoms with Crippen LogP contribution in [0.5, 0.6) is 0 Å². The Hall–Kier alpha value is -1.55. The minimum atomic E-state index is 0.831. The first-order valence-electron chi connectivity index (χ1n) is 5.39. The normalized spacial score (nSPS) is 10.9. The summed E-state index contributed by atoms with van der Waals surface area (Å²) in [6.07, 6.45) is 3.89. The van der Waals surface area contributed by atoms with E-state index >= 15 is 0 Å². The third-order valence-electron chi connectivity index (χ3n) is 2.55. The van der Waals surface area contributed by atoms with Crippen LogP contribution in [0.15, 0.2) is 22.9 Å². The highest BCUT2D eigenvalue weighted by atomic mass is 16.3. The van der Waals surface area contributed by atoms with E-state index in [0.29, 0.717) is 0 Å². The predicted molar refractivity (Wildman–Crippen MR) is 61.9 cm³/mol. The number of hydrogen-bond acceptors (Lipinski definition) is 3. The summed E-state index contributed by atoms with van der Waals surface area (Å²) in [6.45, 7) is 5.63. The van der Waals surface area contributed by atoms with Gasteiger partial charge in [-0.1, -0.05) is 0 Å². The Bertz CT molecular complexity index is 470. The van der Waals surface area contributed by atoms with E-state index in [9.17, 15) is 0 Å². The number of nitrogens with one attached hydrogen (secondary N) is 1. The molecule has 86 valence electrons. The van der Waals surface area contributed by atoms with Crippen molar-refractivity contribution in [2.45, 2.75) is 26.9 Å². The van der Waals surface area contributed by atoms with Gasteiger partial charge in [-0.2, -0.15) is 5.10 Å². The number of nitrogens with zero attached hydrogens (tertiary/aromatic N) is 2. The van der Waals surface area contributed by atoms with Gasteiger partial charge in [-0.3, -0.25) is 4.68 Å². The van der Waals surface area contributed by atoms with Crippen LogP contribution in [-0.2, 0) is 20.1 Å². The van der Waals surface area contributed by atoms with E-state index in [-0.39, 0.29) is 0 Å². The zero-order valence-corrected chi connectivity index (χ0v) is 9.95. The van der Waals surface area contributed by atoms with Crippen LogP contribution in [-0.4, -0.2) is 9.78 Å². The van der Waals surface area contributed by atoms with Crippen LogP contribution >= 0.6 is 0 Å². The average Bonchev–Trinajstić information content (AvgIpc) is 2.74. The third kappa shape index (κ3) is 2.52. The zero-order valence-electron chi connectivity index (χ0n) is 9.95. The van der Waals surface area contributed by atoms with Crippen LogP contribution in [0.4, 0.5) is 0 Å². The fourth-order valence-electron chi connectivity index (χ4n) is 1.76. The molecule has 0 unspecified atom stereocenters. The molecule has 16 heavy (non-hydrogen) atoms. The second kappa shape index (κ2) is 4.53. The molecule has 0 bridgehead atoms. The lowest BCUT2D eigenvalue weighted by Crippen LogP contribution is -2.12. The van der Waals surface area contributed by atoms with Crippen LogP contribution in [0, 0.1) is 13.8 Å². The lowest BCUT2D eigenvalue weighted by atomic mass is 10.2. The summed E-state index contributed by atoms with van der Waals surface area (Å²) in [4.78, 5) is 0. The molecule has 0 aliphatic carbocycles. The maximum absolute atomic E-state index is 5.46. The highest BCUT2D eigenvalue weighted by Crippen LogP contribution is 2.13. The van der Waals surface area contributed by atoms with Crippen molar-refractivity contribution >= 4 is 0 Å². The van der Waals surface area contributed by atoms with Gasteiger partial charge in [0, 0.05) is 37.5 Å². The fraction of sp³-hybridized carbons (Fsp3) is 0.417. The Labute approximate surface area is 95.3 Å². The molecular weight excluding hydrogens is 202 g/mol. The fourth-order valence-corrected chi connectivity index (χ4v) is 1.76. The van der Waals surface area contributed by atoms with Gasteiger partial charge in [0.1, 0.15) is 11.5 Å². The topological polar surface area (TPSA) is 43.0 Å². The van der Waals surface area contributed by atoms with E-state index in [1.54, 1.807) is 0 Å². The molecule has 0 saturated heterocycles. The number of rotatable bonds is 4. The predicted octanol–water partition coefficient (Wildman–Crippen LogP) is 1.92. The number of aromatic nitrogens is 2. The van der Waals surface area contributed by atoms with Crippen LogP contribution in [0.1, 0.15) is 22.6 Å². The summed E-state index contributed by atoms with van der Waals surface area (Å²) >= 11 is 0. The van der Waals surface area contributed by atoms with Crippen LogP contribution in [0.3, 0.4) is 0 Å². The van der Waals surface area contributed by atoms with Crippen molar-refractivity contribution in [3.05, 3.63) is 41.1 Å². The van der Waals surface area contributed by atoms with Crippen LogP contribution in [0.25, 0.3) is 0 Å². The summed E-state index contributed by atoms with van der Waals surface area (Å²) in [6, 6.07) is 2.07. The van der Waals surface area contributed by atoms with Gasteiger partial charge in [0.05, 0.1) is 6.20 Å². The van der Waals surface area contributed by atoms with Gasteiger partial charge < -0.3 is 9.73 Å². The van der Waals surface area contributed by atoms with Crippen molar-refractivity contribution in [2.24, 2.45) is 7.05 Å². The van der Waals surface area contributed by atoms with Gasteiger partial charge in [0.2, 0.25) is 0 Å². The molecule has 0 amide bonds. The summed E-state index contributed by atoms with van der Waals surface area (Å²) in [5.74, 6) is 1.96. The van der Waals surface area contributed by atoms with Crippen molar-refractivity contribution in [3.63, 3.8) is 0 Å². The Morgan fingerprint density at radius 3 is 2.75 bits per heavy atom. The summed E-state index contributed by atoms with van der Waals surface area (Å²) in [5, 5.41) is 7.49. The molecule has 0 saturated carbocycles. The molecule has 0 atom stereocenters. The van der Waals surface area contributed by atoms with Gasteiger partial charge in [-0.25, -0.2) is 0 Å². The largest absolute Gasteiger partial charge is 0.466 e. The summed E-state index contributed by atoms with van der Waals surface area (Å²) in [7, 11) is 1.92. The molecular formula is C12H17N3O. The first kappa shape index (κ1) is 11.0. The first-order valence-corrected chi connectivity index (χ1v) is 5.39. The molecule has 2 heterocycles. The number of hydrogen-bond donors (Lipinski definition) is 1. The van der Waals surface area contributed by atoms with Gasteiger partial charge >= 0.3 is 0 Å². The van der Waals surface area contributed by atoms with E-state index < -0.39 is 0 Å². The molecule has 0 aliphatic rings. The van der Waals surface area contributed by atoms with Crippen molar-refractivity contribution in [1.82, 2.24) is 15.1 Å². The maximum Gasteiger partial charge on any atom is 0.105 e. The molecule has 2 rings (SSSR count). The highest BCUT2D eigenvalue weighted by molar-refractivity contribution is 5.19. The minimum Gasteiger partial charge on any atom is -0.466 e. The van der Waals surface area contributed by atoms with Crippen LogP contribution < -0.4 is 5.32 Å². The zero-order chi connectivity index (χ0) is 11.5. The van der Waals surface area contributed by atoms with Crippen LogP contribution in [0.2, 0.25) is 0 Å². The van der Waals surface area contributed by atoms with Crippen molar-refractivity contribution in [1.29, 1.82) is 0 Å². The molecule has 1 N–H and O–H groups in total. The maximum atomic E-state index is 5.46. The van der Waals surface area contributed by atoms with E-state index in [1.807, 2.05) is 38.0 Å². The van der Waals surface area contributed by atoms with Gasteiger partial charge in [-0.15, -0.1) is 0 Å². The standard InChI is InChI=1S/C12H17N3O/c1-9-4-12(10(2)16-9)7-13-5-11-6-14-15(3)8-11/h4,6,8,13H,5,7H2,1-3H3. The summed E-state index contributed by atoms with van der Waals surface area (Å²) < 4.78 is 7.27. The van der Waals surface area contributed by atoms with E-state index in [1.165, 1.54) is 11.1 Å².